The van der Waals surface area contributed by atoms with E-state index in [-0.39, 0.29) is 56.3 Å². The molecule has 0 saturated carbocycles. The van der Waals surface area contributed by atoms with E-state index < -0.39 is 47.9 Å². The predicted molar refractivity (Wildman–Crippen MR) is 191 cm³/mol. The number of carboxylic acids is 2. The zero-order valence-corrected chi connectivity index (χ0v) is 30.1. The Labute approximate surface area is 313 Å². The Morgan fingerprint density at radius 1 is 0.691 bits per heavy atom. The smallest absolute Gasteiger partial charge is 0.419 e. The lowest BCUT2D eigenvalue weighted by Crippen LogP contribution is -2.28. The monoisotopic (exact) mass is 776 g/mol. The largest absolute Gasteiger partial charge is 0.488 e. The van der Waals surface area contributed by atoms with Gasteiger partial charge in [0, 0.05) is 26.1 Å². The highest BCUT2D eigenvalue weighted by atomic mass is 19.4. The van der Waals surface area contributed by atoms with Crippen LogP contribution in [0.3, 0.4) is 0 Å². The predicted octanol–water partition coefficient (Wildman–Crippen LogP) is 8.05. The summed E-state index contributed by atoms with van der Waals surface area (Å²) >= 11 is 0. The third-order valence-corrected chi connectivity index (χ3v) is 8.84. The summed E-state index contributed by atoms with van der Waals surface area (Å²) in [4.78, 5) is 21.4. The Morgan fingerprint density at radius 3 is 1.60 bits per heavy atom. The standard InChI is InChI=1S/C40H42F6N2O7/c1-24-28(22-54-35-13-11-26(16-33(35)39(41,42)43)19-47-15-5-10-37(50)51)6-3-8-31(24)32-9-4-7-29(25(32)2)23-55-36-14-12-27(17-34(36)40(44,45)46)20-48-21-30(49)18-38(52)53/h3-4,6-9,11-14,16-17,30,47-49H,5,10,15,18-23H2,1-2H3,(H,50,51)(H,52,53)/t30-/m0/s1. The van der Waals surface area contributed by atoms with E-state index in [1.54, 1.807) is 38.1 Å². The zero-order chi connectivity index (χ0) is 40.3. The van der Waals surface area contributed by atoms with E-state index in [9.17, 15) is 41.0 Å². The van der Waals surface area contributed by atoms with Crippen LogP contribution in [-0.2, 0) is 48.2 Å². The lowest BCUT2D eigenvalue weighted by Gasteiger charge is -2.19. The number of hydrogen-bond acceptors (Lipinski definition) is 7. The third kappa shape index (κ3) is 12.5. The van der Waals surface area contributed by atoms with E-state index in [2.05, 4.69) is 10.6 Å². The second kappa shape index (κ2) is 19.0. The second-order valence-electron chi connectivity index (χ2n) is 13.0. The van der Waals surface area contributed by atoms with Crippen molar-refractivity contribution in [2.24, 2.45) is 0 Å². The maximum Gasteiger partial charge on any atom is 0.419 e. The molecule has 4 aromatic rings. The van der Waals surface area contributed by atoms with E-state index in [0.29, 0.717) is 29.7 Å². The van der Waals surface area contributed by atoms with E-state index in [0.717, 1.165) is 34.4 Å². The number of carboxylic acid groups (broad SMARTS) is 2. The molecule has 0 unspecified atom stereocenters. The highest BCUT2D eigenvalue weighted by Gasteiger charge is 2.36. The summed E-state index contributed by atoms with van der Waals surface area (Å²) in [6.07, 6.45) is -10.9. The maximum atomic E-state index is 14.1. The first-order valence-electron chi connectivity index (χ1n) is 17.3. The van der Waals surface area contributed by atoms with Gasteiger partial charge in [-0.15, -0.1) is 0 Å². The molecule has 0 fully saturated rings. The van der Waals surface area contributed by atoms with Crippen molar-refractivity contribution in [2.45, 2.75) is 77.9 Å². The summed E-state index contributed by atoms with van der Waals surface area (Å²) in [6, 6.07) is 18.0. The Balaban J connectivity index is 1.47. The van der Waals surface area contributed by atoms with Crippen LogP contribution in [0.25, 0.3) is 11.1 Å². The Bertz CT molecular complexity index is 1950. The van der Waals surface area contributed by atoms with Crippen molar-refractivity contribution in [2.75, 3.05) is 13.1 Å². The van der Waals surface area contributed by atoms with Gasteiger partial charge in [-0.2, -0.15) is 26.3 Å². The van der Waals surface area contributed by atoms with Gasteiger partial charge in [0.25, 0.3) is 0 Å². The summed E-state index contributed by atoms with van der Waals surface area (Å²) in [6.45, 7) is 3.51. The topological polar surface area (TPSA) is 137 Å². The molecule has 15 heteroatoms. The molecule has 0 bridgehead atoms. The summed E-state index contributed by atoms with van der Waals surface area (Å²) in [5, 5.41) is 32.9. The number of alkyl halides is 6. The highest BCUT2D eigenvalue weighted by molar-refractivity contribution is 5.72. The van der Waals surface area contributed by atoms with E-state index in [4.69, 9.17) is 19.7 Å². The van der Waals surface area contributed by atoms with Crippen LogP contribution in [0.1, 0.15) is 63.8 Å². The lowest BCUT2D eigenvalue weighted by molar-refractivity contribution is -0.140. The minimum absolute atomic E-state index is 0.0447. The molecule has 1 atom stereocenters. The molecule has 0 spiro atoms. The number of halogens is 6. The molecule has 4 rings (SSSR count). The Morgan fingerprint density at radius 2 is 1.16 bits per heavy atom. The summed E-state index contributed by atoms with van der Waals surface area (Å²) < 4.78 is 95.8. The number of nitrogens with one attached hydrogen (secondary N) is 2. The Kier molecular flexibility index (Phi) is 14.7. The average molecular weight is 777 g/mol. The first-order chi connectivity index (χ1) is 25.9. The number of rotatable bonds is 19. The molecule has 0 aliphatic carbocycles. The maximum absolute atomic E-state index is 14.1. The molecule has 296 valence electrons. The molecule has 0 aliphatic heterocycles. The quantitative estimate of drug-likeness (QED) is 0.0474. The van der Waals surface area contributed by atoms with Crippen molar-refractivity contribution < 1.29 is 60.7 Å². The van der Waals surface area contributed by atoms with Gasteiger partial charge in [-0.05, 0) is 95.6 Å². The van der Waals surface area contributed by atoms with Gasteiger partial charge >= 0.3 is 24.3 Å². The molecular weight excluding hydrogens is 734 g/mol. The van der Waals surface area contributed by atoms with E-state index >= 15 is 0 Å². The van der Waals surface area contributed by atoms with Gasteiger partial charge in [-0.25, -0.2) is 0 Å². The number of aliphatic hydroxyl groups excluding tert-OH is 1. The average Bonchev–Trinajstić information content (AvgIpc) is 3.10. The first kappa shape index (κ1) is 42.6. The molecule has 0 radical (unpaired) electrons. The fourth-order valence-electron chi connectivity index (χ4n) is 5.90. The Hall–Kier alpha value is -5.12. The molecule has 0 aliphatic rings. The highest BCUT2D eigenvalue weighted by Crippen LogP contribution is 2.39. The molecule has 9 nitrogen and oxygen atoms in total. The molecule has 0 amide bonds. The summed E-state index contributed by atoms with van der Waals surface area (Å²) in [5.41, 5.74) is 2.87. The fourth-order valence-corrected chi connectivity index (χ4v) is 5.90. The second-order valence-corrected chi connectivity index (χ2v) is 13.0. The van der Waals surface area contributed by atoms with Crippen LogP contribution in [0, 0.1) is 13.8 Å². The van der Waals surface area contributed by atoms with Crippen LogP contribution in [0.15, 0.2) is 72.8 Å². The molecule has 0 saturated heterocycles. The van der Waals surface area contributed by atoms with Gasteiger partial charge in [-0.3, -0.25) is 9.59 Å². The third-order valence-electron chi connectivity index (χ3n) is 8.84. The number of hydrogen-bond donors (Lipinski definition) is 5. The van der Waals surface area contributed by atoms with Crippen LogP contribution in [0.4, 0.5) is 26.3 Å². The molecule has 4 aromatic carbocycles. The SMILES string of the molecule is Cc1c(COc2ccc(CNCCCC(=O)O)cc2C(F)(F)F)cccc1-c1cccc(COc2ccc(CNC[C@@H](O)CC(=O)O)cc2C(F)(F)F)c1C. The van der Waals surface area contributed by atoms with Crippen molar-refractivity contribution in [1.82, 2.24) is 10.6 Å². The fraction of sp³-hybridized carbons (Fsp3) is 0.350. The summed E-state index contributed by atoms with van der Waals surface area (Å²) in [5.74, 6) is -2.89. The van der Waals surface area contributed by atoms with Crippen LogP contribution in [-0.4, -0.2) is 46.5 Å². The molecule has 0 aromatic heterocycles. The van der Waals surface area contributed by atoms with Gasteiger partial charge < -0.3 is 35.4 Å². The molecular formula is C40H42F6N2O7. The number of benzene rings is 4. The van der Waals surface area contributed by atoms with Gasteiger partial charge in [-0.1, -0.05) is 48.5 Å². The molecule has 5 N–H and O–H groups in total. The van der Waals surface area contributed by atoms with Crippen molar-refractivity contribution in [3.05, 3.63) is 117 Å². The van der Waals surface area contributed by atoms with E-state index in [1.165, 1.54) is 24.3 Å². The zero-order valence-electron chi connectivity index (χ0n) is 30.1. The summed E-state index contributed by atoms with van der Waals surface area (Å²) in [7, 11) is 0. The van der Waals surface area contributed by atoms with Crippen molar-refractivity contribution in [3.63, 3.8) is 0 Å². The van der Waals surface area contributed by atoms with Crippen molar-refractivity contribution in [3.8, 4) is 22.6 Å². The molecule has 55 heavy (non-hydrogen) atoms. The number of ether oxygens (including phenoxy) is 2. The van der Waals surface area contributed by atoms with Crippen molar-refractivity contribution >= 4 is 11.9 Å². The van der Waals surface area contributed by atoms with Gasteiger partial charge in [0.05, 0.1) is 23.7 Å². The van der Waals surface area contributed by atoms with E-state index in [1.807, 2.05) is 12.1 Å². The first-order valence-corrected chi connectivity index (χ1v) is 17.3. The number of carbonyl (C=O) groups is 2. The van der Waals surface area contributed by atoms with Crippen LogP contribution >= 0.6 is 0 Å². The number of aliphatic carboxylic acids is 2. The van der Waals surface area contributed by atoms with Gasteiger partial charge in [0.15, 0.2) is 0 Å². The minimum Gasteiger partial charge on any atom is -0.488 e. The van der Waals surface area contributed by atoms with Crippen molar-refractivity contribution in [1.29, 1.82) is 0 Å². The van der Waals surface area contributed by atoms with Crippen LogP contribution < -0.4 is 20.1 Å². The lowest BCUT2D eigenvalue weighted by atomic mass is 9.92. The van der Waals surface area contributed by atoms with Gasteiger partial charge in [0.2, 0.25) is 0 Å². The molecule has 0 heterocycles. The van der Waals surface area contributed by atoms with Gasteiger partial charge in [0.1, 0.15) is 24.7 Å². The van der Waals surface area contributed by atoms with Crippen LogP contribution in [0.5, 0.6) is 11.5 Å². The normalized spacial score (nSPS) is 12.4. The van der Waals surface area contributed by atoms with Crippen LogP contribution in [0.2, 0.25) is 0 Å². The minimum atomic E-state index is -4.74. The number of aliphatic hydroxyl groups is 1.